The van der Waals surface area contributed by atoms with Crippen LogP contribution in [0.15, 0.2) is 18.2 Å². The quantitative estimate of drug-likeness (QED) is 0.589. The standard InChI is InChI=1S/C18H29NO6S/c1-18(2,3)19-11-14(20)12-24-17-9-8-15(25-26(21,22)23)10-16(17)13-6-4-5-7-13/h8-10,13-14,19-20H,4-7,11-12H2,1-3H3,(H,21,22,23)/t14-/m0/s1. The molecule has 1 atom stereocenters. The zero-order chi connectivity index (χ0) is 19.4. The molecule has 1 aromatic rings. The Balaban J connectivity index is 2.08. The van der Waals surface area contributed by atoms with Crippen LogP contribution in [0, 0.1) is 0 Å². The van der Waals surface area contributed by atoms with E-state index >= 15 is 0 Å². The molecule has 3 N–H and O–H groups in total. The minimum atomic E-state index is -4.57. The molecule has 7 nitrogen and oxygen atoms in total. The second-order valence-electron chi connectivity index (χ2n) is 7.79. The summed E-state index contributed by atoms with van der Waals surface area (Å²) < 4.78 is 41.1. The van der Waals surface area contributed by atoms with E-state index < -0.39 is 16.5 Å². The Bertz CT molecular complexity index is 692. The van der Waals surface area contributed by atoms with E-state index in [-0.39, 0.29) is 23.8 Å². The molecular formula is C18H29NO6S. The zero-order valence-electron chi connectivity index (χ0n) is 15.6. The maximum absolute atomic E-state index is 10.9. The fourth-order valence-corrected chi connectivity index (χ4v) is 3.40. The van der Waals surface area contributed by atoms with Gasteiger partial charge in [0.25, 0.3) is 0 Å². The van der Waals surface area contributed by atoms with Crippen molar-refractivity contribution >= 4 is 10.4 Å². The molecule has 2 rings (SSSR count). The first-order valence-corrected chi connectivity index (χ1v) is 10.3. The van der Waals surface area contributed by atoms with Crippen molar-refractivity contribution in [1.29, 1.82) is 0 Å². The Morgan fingerprint density at radius 1 is 1.27 bits per heavy atom. The van der Waals surface area contributed by atoms with Crippen molar-refractivity contribution in [3.05, 3.63) is 23.8 Å². The van der Waals surface area contributed by atoms with E-state index in [1.165, 1.54) is 6.07 Å². The van der Waals surface area contributed by atoms with Crippen molar-refractivity contribution < 1.29 is 27.0 Å². The molecule has 0 radical (unpaired) electrons. The number of benzene rings is 1. The summed E-state index contributed by atoms with van der Waals surface area (Å²) in [7, 11) is -4.57. The Hall–Kier alpha value is -1.35. The fraction of sp³-hybridized carbons (Fsp3) is 0.667. The van der Waals surface area contributed by atoms with Crippen LogP contribution in [0.25, 0.3) is 0 Å². The molecule has 148 valence electrons. The third kappa shape index (κ3) is 7.11. The largest absolute Gasteiger partial charge is 0.491 e. The molecule has 1 saturated carbocycles. The van der Waals surface area contributed by atoms with Gasteiger partial charge < -0.3 is 19.3 Å². The van der Waals surface area contributed by atoms with Gasteiger partial charge in [-0.25, -0.2) is 0 Å². The van der Waals surface area contributed by atoms with Gasteiger partial charge in [-0.3, -0.25) is 4.55 Å². The van der Waals surface area contributed by atoms with Crippen LogP contribution in [-0.2, 0) is 10.4 Å². The number of ether oxygens (including phenoxy) is 1. The highest BCUT2D eigenvalue weighted by molar-refractivity contribution is 7.81. The van der Waals surface area contributed by atoms with Crippen LogP contribution in [0.2, 0.25) is 0 Å². The Labute approximate surface area is 155 Å². The summed E-state index contributed by atoms with van der Waals surface area (Å²) in [5.41, 5.74) is 0.754. The van der Waals surface area contributed by atoms with E-state index in [0.29, 0.717) is 12.3 Å². The number of β-amino-alcohol motifs (C(OH)–C–C–N with tert-alkyl or cyclic N) is 1. The normalized spacial score (nSPS) is 17.3. The molecule has 0 aliphatic heterocycles. The second kappa shape index (κ2) is 8.56. The number of aliphatic hydroxyl groups excluding tert-OH is 1. The average Bonchev–Trinajstić information content (AvgIpc) is 3.03. The molecule has 0 bridgehead atoms. The maximum atomic E-state index is 10.9. The highest BCUT2D eigenvalue weighted by Gasteiger charge is 2.23. The lowest BCUT2D eigenvalue weighted by Crippen LogP contribution is -2.42. The number of aliphatic hydroxyl groups is 1. The molecule has 0 unspecified atom stereocenters. The van der Waals surface area contributed by atoms with Crippen LogP contribution in [-0.4, -0.2) is 42.9 Å². The van der Waals surface area contributed by atoms with Crippen molar-refractivity contribution in [1.82, 2.24) is 5.32 Å². The Morgan fingerprint density at radius 2 is 1.92 bits per heavy atom. The van der Waals surface area contributed by atoms with Gasteiger partial charge in [0.15, 0.2) is 0 Å². The van der Waals surface area contributed by atoms with E-state index in [1.807, 2.05) is 20.8 Å². The molecule has 0 amide bonds. The maximum Gasteiger partial charge on any atom is 0.446 e. The van der Waals surface area contributed by atoms with Crippen LogP contribution in [0.5, 0.6) is 11.5 Å². The Morgan fingerprint density at radius 3 is 2.50 bits per heavy atom. The minimum absolute atomic E-state index is 0.0525. The smallest absolute Gasteiger partial charge is 0.446 e. The number of hydrogen-bond acceptors (Lipinski definition) is 6. The van der Waals surface area contributed by atoms with Crippen molar-refractivity contribution in [2.24, 2.45) is 0 Å². The van der Waals surface area contributed by atoms with E-state index in [2.05, 4.69) is 9.50 Å². The predicted molar refractivity (Wildman–Crippen MR) is 99.1 cm³/mol. The summed E-state index contributed by atoms with van der Waals surface area (Å²) in [5, 5.41) is 13.3. The third-order valence-electron chi connectivity index (χ3n) is 4.28. The highest BCUT2D eigenvalue weighted by Crippen LogP contribution is 2.40. The lowest BCUT2D eigenvalue weighted by molar-refractivity contribution is 0.0993. The molecular weight excluding hydrogens is 358 g/mol. The molecule has 0 spiro atoms. The minimum Gasteiger partial charge on any atom is -0.491 e. The number of nitrogens with one attached hydrogen (secondary N) is 1. The van der Waals surface area contributed by atoms with Crippen molar-refractivity contribution in [3.8, 4) is 11.5 Å². The molecule has 0 aromatic heterocycles. The van der Waals surface area contributed by atoms with Gasteiger partial charge in [0.2, 0.25) is 0 Å². The first-order chi connectivity index (χ1) is 12.0. The molecule has 1 fully saturated rings. The molecule has 0 heterocycles. The van der Waals surface area contributed by atoms with Crippen LogP contribution in [0.1, 0.15) is 57.9 Å². The summed E-state index contributed by atoms with van der Waals surface area (Å²) >= 11 is 0. The van der Waals surface area contributed by atoms with Gasteiger partial charge in [-0.1, -0.05) is 12.8 Å². The van der Waals surface area contributed by atoms with Crippen molar-refractivity contribution in [2.45, 2.75) is 64.0 Å². The first kappa shape index (κ1) is 21.0. The van der Waals surface area contributed by atoms with Gasteiger partial charge in [0, 0.05) is 17.6 Å². The zero-order valence-corrected chi connectivity index (χ0v) is 16.4. The summed E-state index contributed by atoms with van der Waals surface area (Å²) in [6.07, 6.45) is 3.51. The van der Waals surface area contributed by atoms with Crippen molar-refractivity contribution in [3.63, 3.8) is 0 Å². The van der Waals surface area contributed by atoms with Gasteiger partial charge in [-0.15, -0.1) is 0 Å². The van der Waals surface area contributed by atoms with Gasteiger partial charge in [-0.05, 0) is 57.7 Å². The summed E-state index contributed by atoms with van der Waals surface area (Å²) in [6.45, 7) is 6.60. The number of rotatable bonds is 8. The SMILES string of the molecule is CC(C)(C)NC[C@H](O)COc1ccc(OS(=O)(=O)O)cc1C1CCCC1. The molecule has 1 aromatic carbocycles. The van der Waals surface area contributed by atoms with E-state index in [0.717, 1.165) is 31.2 Å². The first-order valence-electron chi connectivity index (χ1n) is 8.90. The summed E-state index contributed by atoms with van der Waals surface area (Å²) in [6, 6.07) is 4.65. The van der Waals surface area contributed by atoms with E-state index in [4.69, 9.17) is 9.29 Å². The fourth-order valence-electron chi connectivity index (χ4n) is 3.06. The highest BCUT2D eigenvalue weighted by atomic mass is 32.3. The van der Waals surface area contributed by atoms with E-state index in [9.17, 15) is 13.5 Å². The molecule has 1 aliphatic carbocycles. The van der Waals surface area contributed by atoms with Gasteiger partial charge in [0.1, 0.15) is 24.2 Å². The van der Waals surface area contributed by atoms with E-state index in [1.54, 1.807) is 12.1 Å². The van der Waals surface area contributed by atoms with Crippen LogP contribution < -0.4 is 14.2 Å². The predicted octanol–water partition coefficient (Wildman–Crippen LogP) is 2.65. The van der Waals surface area contributed by atoms with Gasteiger partial charge in [0.05, 0.1) is 0 Å². The molecule has 26 heavy (non-hydrogen) atoms. The lowest BCUT2D eigenvalue weighted by Gasteiger charge is -2.23. The lowest BCUT2D eigenvalue weighted by atomic mass is 9.96. The molecule has 0 saturated heterocycles. The summed E-state index contributed by atoms with van der Waals surface area (Å²) in [5.74, 6) is 0.908. The number of hydrogen-bond donors (Lipinski definition) is 3. The molecule has 1 aliphatic rings. The summed E-state index contributed by atoms with van der Waals surface area (Å²) in [4.78, 5) is 0. The average molecular weight is 387 g/mol. The van der Waals surface area contributed by atoms with Crippen LogP contribution in [0.4, 0.5) is 0 Å². The third-order valence-corrected chi connectivity index (χ3v) is 4.68. The van der Waals surface area contributed by atoms with Crippen LogP contribution >= 0.6 is 0 Å². The van der Waals surface area contributed by atoms with Crippen LogP contribution in [0.3, 0.4) is 0 Å². The monoisotopic (exact) mass is 387 g/mol. The van der Waals surface area contributed by atoms with Gasteiger partial charge in [-0.2, -0.15) is 8.42 Å². The second-order valence-corrected chi connectivity index (χ2v) is 8.81. The van der Waals surface area contributed by atoms with Crippen molar-refractivity contribution in [2.75, 3.05) is 13.2 Å². The van der Waals surface area contributed by atoms with Gasteiger partial charge >= 0.3 is 10.4 Å². The Kier molecular flexibility index (Phi) is 6.90. The topological polar surface area (TPSA) is 105 Å². The molecule has 8 heteroatoms.